The van der Waals surface area contributed by atoms with E-state index in [2.05, 4.69) is 155 Å². The van der Waals surface area contributed by atoms with Gasteiger partial charge in [0.25, 0.3) is 0 Å². The fraction of sp³-hybridized carbons (Fsp3) is 0.585. The molecule has 4 rings (SSSR count). The minimum absolute atomic E-state index is 0.0169. The van der Waals surface area contributed by atoms with Gasteiger partial charge in [0.15, 0.2) is 0 Å². The van der Waals surface area contributed by atoms with Crippen LogP contribution in [0, 0.1) is 40.7 Å². The monoisotopic (exact) mass is 938 g/mol. The van der Waals surface area contributed by atoms with Crippen molar-refractivity contribution in [3.8, 4) is 22.9 Å². The Hall–Kier alpha value is -5.08. The average Bonchev–Trinajstić information content (AvgIpc) is 3.78. The third-order valence-electron chi connectivity index (χ3n) is 9.71. The summed E-state index contributed by atoms with van der Waals surface area (Å²) in [5, 5.41) is 17.3. The van der Waals surface area contributed by atoms with E-state index in [0.717, 1.165) is 6.42 Å². The molecular weight excluding hydrogens is 855 g/mol. The Morgan fingerprint density at radius 2 is 1.02 bits per heavy atom. The second-order valence-corrected chi connectivity index (χ2v) is 32.5. The van der Waals surface area contributed by atoms with Crippen LogP contribution in [0.25, 0.3) is 10.4 Å². The highest BCUT2D eigenvalue weighted by Gasteiger charge is 2.47. The predicted molar refractivity (Wildman–Crippen MR) is 280 cm³/mol. The summed E-state index contributed by atoms with van der Waals surface area (Å²) in [6, 6.07) is 21.2. The summed E-state index contributed by atoms with van der Waals surface area (Å²) in [5.41, 5.74) is 14.0. The second kappa shape index (κ2) is 25.2. The number of rotatable bonds is 7. The molecule has 4 amide bonds. The maximum Gasteiger partial charge on any atom is 0.232 e. The van der Waals surface area contributed by atoms with Crippen molar-refractivity contribution in [2.45, 2.75) is 176 Å². The largest absolute Gasteiger partial charge is 0.351 e. The molecule has 0 aromatic heterocycles. The van der Waals surface area contributed by atoms with Crippen LogP contribution in [0.4, 0.5) is 0 Å². The van der Waals surface area contributed by atoms with Crippen LogP contribution in [0.1, 0.15) is 130 Å². The minimum atomic E-state index is -2.42. The van der Waals surface area contributed by atoms with Crippen LogP contribution in [-0.4, -0.2) is 68.5 Å². The zero-order valence-electron chi connectivity index (χ0n) is 43.7. The number of benzene rings is 2. The molecule has 2 aromatic carbocycles. The van der Waals surface area contributed by atoms with E-state index in [0.29, 0.717) is 18.3 Å². The van der Waals surface area contributed by atoms with Crippen molar-refractivity contribution >= 4 is 50.1 Å². The van der Waals surface area contributed by atoms with Crippen LogP contribution < -0.4 is 31.6 Å². The summed E-state index contributed by atoms with van der Waals surface area (Å²) in [6.07, 6.45) is 7.29. The molecule has 3 unspecified atom stereocenters. The molecule has 13 heteroatoms. The van der Waals surface area contributed by atoms with Crippen molar-refractivity contribution in [1.82, 2.24) is 21.3 Å². The van der Waals surface area contributed by atoms with E-state index in [9.17, 15) is 19.2 Å². The van der Waals surface area contributed by atoms with Gasteiger partial charge < -0.3 is 21.3 Å². The standard InChI is InChI=1S/C24H31NOSi.C12H19NO.C11H21NOSi.C6H12N4O/c1-23(2,3)25-22(26)18-13-19-27(24(4,5)6,20-14-9-7-10-15-20)21-16-11-8-12-17-21;1-12(2,3)13-11(14)10-7-8-4-5-9(10)6-8;1-11(2,3)12-10(13)8-7-9-14(4,5)6;1-6(2,3)9-5(11)4-8-10-7/h7-12,14-17H,18H2,1-6H3,(H,25,26);4-5,8-10H,6-7H2,1-3H3,(H,13,14);8H2,1-6H3,(H,12,13);4H2,1-3H3,(H,9,11). The molecule has 0 heterocycles. The number of amides is 4. The first kappa shape index (κ1) is 58.9. The summed E-state index contributed by atoms with van der Waals surface area (Å²) in [4.78, 5) is 48.8. The van der Waals surface area contributed by atoms with Gasteiger partial charge in [0, 0.05) is 33.0 Å². The Morgan fingerprint density at radius 1 is 0.606 bits per heavy atom. The first-order valence-corrected chi connectivity index (χ1v) is 28.6. The summed E-state index contributed by atoms with van der Waals surface area (Å²) < 4.78 is 0. The highest BCUT2D eigenvalue weighted by Crippen LogP contribution is 2.43. The van der Waals surface area contributed by atoms with Gasteiger partial charge in [-0.05, 0) is 129 Å². The van der Waals surface area contributed by atoms with Crippen LogP contribution in [0.3, 0.4) is 0 Å². The number of nitrogens with zero attached hydrogens (tertiary/aromatic N) is 3. The van der Waals surface area contributed by atoms with Crippen LogP contribution in [0.2, 0.25) is 24.7 Å². The summed E-state index contributed by atoms with van der Waals surface area (Å²) in [6.45, 7) is 36.7. The molecule has 0 saturated heterocycles. The number of carbonyl (C=O) groups excluding carboxylic acids is 4. The maximum atomic E-state index is 12.3. The summed E-state index contributed by atoms with van der Waals surface area (Å²) >= 11 is 0. The molecule has 3 atom stereocenters. The number of carbonyl (C=O) groups is 4. The van der Waals surface area contributed by atoms with E-state index in [4.69, 9.17) is 5.53 Å². The van der Waals surface area contributed by atoms with Crippen molar-refractivity contribution in [3.05, 3.63) is 83.3 Å². The topological polar surface area (TPSA) is 165 Å². The molecule has 2 aromatic rings. The lowest BCUT2D eigenvalue weighted by atomic mass is 9.92. The van der Waals surface area contributed by atoms with Crippen molar-refractivity contribution in [2.75, 3.05) is 6.54 Å². The Morgan fingerprint density at radius 3 is 1.35 bits per heavy atom. The molecule has 2 aliphatic rings. The van der Waals surface area contributed by atoms with Crippen molar-refractivity contribution in [2.24, 2.45) is 22.9 Å². The number of allylic oxidation sites excluding steroid dienone is 2. The third-order valence-corrected chi connectivity index (χ3v) is 15.8. The zero-order valence-corrected chi connectivity index (χ0v) is 45.7. The van der Waals surface area contributed by atoms with Gasteiger partial charge in [-0.15, -0.1) is 17.0 Å². The molecule has 1 fully saturated rings. The number of azide groups is 1. The zero-order chi connectivity index (χ0) is 50.8. The van der Waals surface area contributed by atoms with Gasteiger partial charge in [-0.1, -0.05) is 124 Å². The number of hydrogen-bond donors (Lipinski definition) is 4. The maximum absolute atomic E-state index is 12.3. The lowest BCUT2D eigenvalue weighted by Crippen LogP contribution is -2.63. The van der Waals surface area contributed by atoms with E-state index >= 15 is 0 Å². The molecule has 0 radical (unpaired) electrons. The Balaban J connectivity index is 0.000000475. The molecule has 2 aliphatic carbocycles. The quantitative estimate of drug-likeness (QED) is 0.0543. The molecule has 0 spiro atoms. The van der Waals surface area contributed by atoms with Gasteiger partial charge >= 0.3 is 0 Å². The minimum Gasteiger partial charge on any atom is -0.351 e. The van der Waals surface area contributed by atoms with Gasteiger partial charge in [-0.25, -0.2) is 0 Å². The number of fused-ring (bicyclic) bond motifs is 2. The Labute approximate surface area is 401 Å². The Bertz CT molecular complexity index is 2060. The first-order chi connectivity index (χ1) is 30.1. The van der Waals surface area contributed by atoms with E-state index in [1.165, 1.54) is 16.8 Å². The molecule has 4 N–H and O–H groups in total. The predicted octanol–water partition coefficient (Wildman–Crippen LogP) is 9.39. The molecule has 1 saturated carbocycles. The van der Waals surface area contributed by atoms with E-state index in [1.54, 1.807) is 0 Å². The van der Waals surface area contributed by atoms with Gasteiger partial charge in [-0.2, -0.15) is 0 Å². The van der Waals surface area contributed by atoms with E-state index in [-0.39, 0.29) is 69.7 Å². The number of nitrogens with one attached hydrogen (secondary N) is 4. The number of hydrogen-bond acceptors (Lipinski definition) is 5. The lowest BCUT2D eigenvalue weighted by molar-refractivity contribution is -0.127. The van der Waals surface area contributed by atoms with Crippen LogP contribution in [-0.2, 0) is 19.2 Å². The van der Waals surface area contributed by atoms with E-state index in [1.807, 2.05) is 95.2 Å². The molecule has 66 heavy (non-hydrogen) atoms. The smallest absolute Gasteiger partial charge is 0.232 e. The average molecular weight is 938 g/mol. The first-order valence-electron chi connectivity index (χ1n) is 23.1. The van der Waals surface area contributed by atoms with E-state index < -0.39 is 16.1 Å². The molecule has 2 bridgehead atoms. The van der Waals surface area contributed by atoms with Crippen LogP contribution in [0.5, 0.6) is 0 Å². The third kappa shape index (κ3) is 23.9. The SMILES string of the molecule is CC(C)(C)NC(=O)C1CC2C=CC1C2.CC(C)(C)NC(=O)CC#C[Si](C)(C)C.CC(C)(C)NC(=O)CC#C[Si](c1ccccc1)(c1ccccc1)C(C)(C)C.CC(C)(C)NC(=O)CN=[N+]=[N-]. The summed E-state index contributed by atoms with van der Waals surface area (Å²) in [5.74, 6) is 7.62. The Kier molecular flexibility index (Phi) is 22.5. The highest BCUT2D eigenvalue weighted by atomic mass is 28.3. The molecular formula is C53H83N7O4Si2. The lowest BCUT2D eigenvalue weighted by Gasteiger charge is -2.39. The van der Waals surface area contributed by atoms with Crippen LogP contribution in [0.15, 0.2) is 77.9 Å². The highest BCUT2D eigenvalue weighted by molar-refractivity contribution is 7.10. The summed E-state index contributed by atoms with van der Waals surface area (Å²) in [7, 11) is -3.74. The second-order valence-electron chi connectivity index (χ2n) is 23.3. The van der Waals surface area contributed by atoms with Crippen molar-refractivity contribution in [3.63, 3.8) is 0 Å². The fourth-order valence-corrected chi connectivity index (χ4v) is 12.5. The van der Waals surface area contributed by atoms with Gasteiger partial charge in [0.2, 0.25) is 31.7 Å². The molecule has 362 valence electrons. The van der Waals surface area contributed by atoms with Gasteiger partial charge in [0.1, 0.15) is 14.6 Å². The van der Waals surface area contributed by atoms with Crippen molar-refractivity contribution < 1.29 is 19.2 Å². The normalized spacial score (nSPS) is 16.5. The van der Waals surface area contributed by atoms with Crippen molar-refractivity contribution in [1.29, 1.82) is 0 Å². The molecule has 0 aliphatic heterocycles. The van der Waals surface area contributed by atoms with Crippen LogP contribution >= 0.6 is 0 Å². The fourth-order valence-electron chi connectivity index (χ4n) is 7.41. The molecule has 11 nitrogen and oxygen atoms in total. The van der Waals surface area contributed by atoms with Gasteiger partial charge in [0.05, 0.1) is 12.8 Å². The van der Waals surface area contributed by atoms with Gasteiger partial charge in [-0.3, -0.25) is 19.2 Å².